The summed E-state index contributed by atoms with van der Waals surface area (Å²) in [4.78, 5) is 10.9. The number of Topliss-reactive ketones (excluding diaryl/α,β-unsaturated/α-hetero) is 1. The summed E-state index contributed by atoms with van der Waals surface area (Å²) < 4.78 is 6.07. The highest BCUT2D eigenvalue weighted by Gasteiger charge is 2.61. The van der Waals surface area contributed by atoms with Crippen LogP contribution in [0.25, 0.3) is 0 Å². The Morgan fingerprint density at radius 1 is 1.35 bits per heavy atom. The monoisotopic (exact) mass is 238 g/mol. The Hall–Kier alpha value is -0.370. The van der Waals surface area contributed by atoms with Crippen molar-refractivity contribution < 1.29 is 9.53 Å². The zero-order chi connectivity index (χ0) is 12.7. The van der Waals surface area contributed by atoms with E-state index in [-0.39, 0.29) is 5.78 Å². The number of ketones is 1. The molecule has 98 valence electrons. The fraction of sp³-hybridized carbons (Fsp3) is 0.933. The summed E-state index contributed by atoms with van der Waals surface area (Å²) in [5.41, 5.74) is 0.784. The lowest BCUT2D eigenvalue weighted by molar-refractivity contribution is -0.117. The fourth-order valence-electron chi connectivity index (χ4n) is 3.93. The molecule has 2 aliphatic rings. The van der Waals surface area contributed by atoms with E-state index < -0.39 is 0 Å². The Kier molecular flexibility index (Phi) is 3.37. The van der Waals surface area contributed by atoms with Gasteiger partial charge in [-0.3, -0.25) is 0 Å². The van der Waals surface area contributed by atoms with Crippen molar-refractivity contribution in [3.8, 4) is 0 Å². The van der Waals surface area contributed by atoms with Crippen LogP contribution in [-0.4, -0.2) is 18.5 Å². The van der Waals surface area contributed by atoms with Crippen molar-refractivity contribution in [2.45, 2.75) is 65.9 Å². The summed E-state index contributed by atoms with van der Waals surface area (Å²) in [5.74, 6) is 1.11. The highest BCUT2D eigenvalue weighted by Crippen LogP contribution is 2.66. The van der Waals surface area contributed by atoms with E-state index in [4.69, 9.17) is 4.74 Å². The normalized spacial score (nSPS) is 38.6. The maximum atomic E-state index is 10.9. The van der Waals surface area contributed by atoms with Crippen LogP contribution in [0.3, 0.4) is 0 Å². The van der Waals surface area contributed by atoms with Crippen LogP contribution >= 0.6 is 0 Å². The second kappa shape index (κ2) is 4.38. The molecule has 3 unspecified atom stereocenters. The molecule has 0 amide bonds. The average Bonchev–Trinajstić information content (AvgIpc) is 2.56. The van der Waals surface area contributed by atoms with Gasteiger partial charge in [0.25, 0.3) is 0 Å². The van der Waals surface area contributed by atoms with Crippen molar-refractivity contribution >= 4 is 5.78 Å². The summed E-state index contributed by atoms with van der Waals surface area (Å²) >= 11 is 0. The van der Waals surface area contributed by atoms with Crippen molar-refractivity contribution in [1.29, 1.82) is 0 Å². The minimum atomic E-state index is 0.271. The number of hydrogen-bond acceptors (Lipinski definition) is 2. The molecule has 0 spiro atoms. The molecule has 0 aromatic rings. The van der Waals surface area contributed by atoms with E-state index in [1.165, 1.54) is 19.3 Å². The molecule has 2 fully saturated rings. The van der Waals surface area contributed by atoms with Gasteiger partial charge < -0.3 is 9.53 Å². The van der Waals surface area contributed by atoms with Gasteiger partial charge in [0.05, 0.1) is 6.10 Å². The predicted molar refractivity (Wildman–Crippen MR) is 68.9 cm³/mol. The summed E-state index contributed by atoms with van der Waals surface area (Å²) in [6.45, 7) is 9.62. The average molecular weight is 238 g/mol. The maximum Gasteiger partial charge on any atom is 0.129 e. The van der Waals surface area contributed by atoms with Crippen molar-refractivity contribution in [2.75, 3.05) is 6.61 Å². The largest absolute Gasteiger partial charge is 0.378 e. The highest BCUT2D eigenvalue weighted by molar-refractivity contribution is 5.75. The summed E-state index contributed by atoms with van der Waals surface area (Å²) in [6.07, 6.45) is 5.87. The maximum absolute atomic E-state index is 10.9. The van der Waals surface area contributed by atoms with Gasteiger partial charge in [-0.15, -0.1) is 0 Å². The first kappa shape index (κ1) is 13.1. The first-order chi connectivity index (χ1) is 7.88. The lowest BCUT2D eigenvalue weighted by atomic mass is 9.70. The molecule has 0 heterocycles. The molecule has 2 rings (SSSR count). The smallest absolute Gasteiger partial charge is 0.129 e. The zero-order valence-corrected chi connectivity index (χ0v) is 11.7. The van der Waals surface area contributed by atoms with Gasteiger partial charge in [0.2, 0.25) is 0 Å². The van der Waals surface area contributed by atoms with E-state index in [9.17, 15) is 4.79 Å². The number of rotatable bonds is 5. The van der Waals surface area contributed by atoms with Crippen LogP contribution in [0, 0.1) is 16.7 Å². The van der Waals surface area contributed by atoms with Gasteiger partial charge in [-0.25, -0.2) is 0 Å². The number of carbonyl (C=O) groups excluding carboxylic acids is 1. The fourth-order valence-corrected chi connectivity index (χ4v) is 3.93. The van der Waals surface area contributed by atoms with Crippen LogP contribution in [0.2, 0.25) is 0 Å². The number of hydrogen-bond donors (Lipinski definition) is 0. The molecule has 17 heavy (non-hydrogen) atoms. The van der Waals surface area contributed by atoms with E-state index in [1.54, 1.807) is 6.92 Å². The third kappa shape index (κ3) is 2.05. The molecule has 2 heteroatoms. The third-order valence-corrected chi connectivity index (χ3v) is 5.71. The van der Waals surface area contributed by atoms with E-state index in [2.05, 4.69) is 20.8 Å². The van der Waals surface area contributed by atoms with Crippen LogP contribution in [0.4, 0.5) is 0 Å². The van der Waals surface area contributed by atoms with Crippen LogP contribution in [-0.2, 0) is 9.53 Å². The first-order valence-corrected chi connectivity index (χ1v) is 6.99. The molecular weight excluding hydrogens is 212 g/mol. The van der Waals surface area contributed by atoms with E-state index in [0.717, 1.165) is 18.9 Å². The quantitative estimate of drug-likeness (QED) is 0.684. The van der Waals surface area contributed by atoms with Crippen molar-refractivity contribution in [3.63, 3.8) is 0 Å². The zero-order valence-electron chi connectivity index (χ0n) is 11.7. The second-order valence-electron chi connectivity index (χ2n) is 6.78. The molecule has 0 radical (unpaired) electrons. The molecule has 0 saturated heterocycles. The van der Waals surface area contributed by atoms with Crippen LogP contribution in [0.1, 0.15) is 59.8 Å². The molecule has 3 atom stereocenters. The number of fused-ring (bicyclic) bond motifs is 2. The highest BCUT2D eigenvalue weighted by atomic mass is 16.5. The SMILES string of the molecule is CC(=O)CCCOC1CC2CCC1(C)C2(C)C. The topological polar surface area (TPSA) is 26.3 Å². The van der Waals surface area contributed by atoms with Gasteiger partial charge in [0.15, 0.2) is 0 Å². The molecule has 2 nitrogen and oxygen atoms in total. The Balaban J connectivity index is 1.86. The Morgan fingerprint density at radius 2 is 2.06 bits per heavy atom. The molecule has 0 aliphatic heterocycles. The molecule has 0 N–H and O–H groups in total. The van der Waals surface area contributed by atoms with E-state index in [1.807, 2.05) is 0 Å². The standard InChI is InChI=1S/C15H26O2/c1-11(16)6-5-9-17-13-10-12-7-8-15(13,4)14(12,2)3/h12-13H,5-10H2,1-4H3. The number of ether oxygens (including phenoxy) is 1. The summed E-state index contributed by atoms with van der Waals surface area (Å²) in [5, 5.41) is 0. The summed E-state index contributed by atoms with van der Waals surface area (Å²) in [6, 6.07) is 0. The Labute approximate surface area is 105 Å². The van der Waals surface area contributed by atoms with Crippen molar-refractivity contribution in [3.05, 3.63) is 0 Å². The summed E-state index contributed by atoms with van der Waals surface area (Å²) in [7, 11) is 0. The molecule has 0 aromatic heterocycles. The second-order valence-corrected chi connectivity index (χ2v) is 6.78. The molecular formula is C15H26O2. The van der Waals surface area contributed by atoms with Crippen LogP contribution in [0.15, 0.2) is 0 Å². The first-order valence-electron chi connectivity index (χ1n) is 6.99. The minimum Gasteiger partial charge on any atom is -0.378 e. The number of carbonyl (C=O) groups is 1. The van der Waals surface area contributed by atoms with Gasteiger partial charge in [0, 0.05) is 13.0 Å². The van der Waals surface area contributed by atoms with Gasteiger partial charge in [-0.2, -0.15) is 0 Å². The van der Waals surface area contributed by atoms with Gasteiger partial charge in [0.1, 0.15) is 5.78 Å². The molecule has 0 aromatic carbocycles. The van der Waals surface area contributed by atoms with Crippen molar-refractivity contribution in [2.24, 2.45) is 16.7 Å². The van der Waals surface area contributed by atoms with Gasteiger partial charge in [-0.05, 0) is 49.4 Å². The van der Waals surface area contributed by atoms with Gasteiger partial charge >= 0.3 is 0 Å². The van der Waals surface area contributed by atoms with Crippen LogP contribution < -0.4 is 0 Å². The Bertz CT molecular complexity index is 308. The lowest BCUT2D eigenvalue weighted by Gasteiger charge is -2.38. The van der Waals surface area contributed by atoms with E-state index >= 15 is 0 Å². The predicted octanol–water partition coefficient (Wildman–Crippen LogP) is 3.59. The molecule has 2 bridgehead atoms. The van der Waals surface area contributed by atoms with Crippen LogP contribution in [0.5, 0.6) is 0 Å². The van der Waals surface area contributed by atoms with Crippen molar-refractivity contribution in [1.82, 2.24) is 0 Å². The third-order valence-electron chi connectivity index (χ3n) is 5.71. The van der Waals surface area contributed by atoms with Gasteiger partial charge in [-0.1, -0.05) is 20.8 Å². The lowest BCUT2D eigenvalue weighted by Crippen LogP contribution is -2.37. The minimum absolute atomic E-state index is 0.271. The molecule has 2 saturated carbocycles. The molecule has 2 aliphatic carbocycles. The Morgan fingerprint density at radius 3 is 2.53 bits per heavy atom. The van der Waals surface area contributed by atoms with E-state index in [0.29, 0.717) is 23.4 Å².